The molecule has 4 atom stereocenters. The molecule has 116 valence electrons. The Balaban J connectivity index is 1.89. The molecule has 0 unspecified atom stereocenters. The van der Waals surface area contributed by atoms with Crippen LogP contribution in [0.4, 0.5) is 0 Å². The van der Waals surface area contributed by atoms with E-state index in [0.717, 1.165) is 0 Å². The monoisotopic (exact) mass is 307 g/mol. The molecule has 4 heterocycles. The normalized spacial score (nSPS) is 28.9. The Morgan fingerprint density at radius 2 is 2.18 bits per heavy atom. The summed E-state index contributed by atoms with van der Waals surface area (Å²) in [4.78, 5) is 23.4. The maximum atomic E-state index is 12.3. The molecule has 0 amide bonds. The summed E-state index contributed by atoms with van der Waals surface area (Å²) < 4.78 is 8.13. The van der Waals surface area contributed by atoms with Crippen LogP contribution in [0.1, 0.15) is 6.23 Å². The highest BCUT2D eigenvalue weighted by atomic mass is 16.6. The summed E-state index contributed by atoms with van der Waals surface area (Å²) in [7, 11) is 0. The molecule has 0 radical (unpaired) electrons. The number of aliphatic hydroxyl groups excluding tert-OH is 3. The number of hydrogen-bond donors (Lipinski definition) is 4. The van der Waals surface area contributed by atoms with Crippen LogP contribution < -0.4 is 5.56 Å². The minimum absolute atomic E-state index is 0.120. The lowest BCUT2D eigenvalue weighted by Gasteiger charge is -2.16. The molecular weight excluding hydrogens is 294 g/mol. The second-order valence-electron chi connectivity index (χ2n) is 5.12. The van der Waals surface area contributed by atoms with Gasteiger partial charge in [-0.1, -0.05) is 0 Å². The van der Waals surface area contributed by atoms with Gasteiger partial charge in [0.25, 0.3) is 5.56 Å². The van der Waals surface area contributed by atoms with Gasteiger partial charge < -0.3 is 25.0 Å². The summed E-state index contributed by atoms with van der Waals surface area (Å²) in [5, 5.41) is 29.1. The maximum Gasteiger partial charge on any atom is 0.287 e. The van der Waals surface area contributed by atoms with Crippen molar-refractivity contribution in [3.63, 3.8) is 0 Å². The number of imidazole rings is 2. The quantitative estimate of drug-likeness (QED) is 0.429. The van der Waals surface area contributed by atoms with E-state index in [2.05, 4.69) is 15.0 Å². The van der Waals surface area contributed by atoms with Crippen LogP contribution >= 0.6 is 0 Å². The molecule has 22 heavy (non-hydrogen) atoms. The molecule has 1 aliphatic heterocycles. The smallest absolute Gasteiger partial charge is 0.287 e. The molecule has 0 bridgehead atoms. The summed E-state index contributed by atoms with van der Waals surface area (Å²) in [6, 6.07) is 0. The third kappa shape index (κ3) is 1.66. The predicted molar refractivity (Wildman–Crippen MR) is 72.1 cm³/mol. The van der Waals surface area contributed by atoms with Crippen LogP contribution in [0.5, 0.6) is 0 Å². The molecule has 0 aliphatic carbocycles. The molecule has 10 heteroatoms. The van der Waals surface area contributed by atoms with Gasteiger partial charge in [-0.05, 0) is 0 Å². The molecule has 4 N–H and O–H groups in total. The van der Waals surface area contributed by atoms with Crippen molar-refractivity contribution in [2.75, 3.05) is 6.61 Å². The van der Waals surface area contributed by atoms with Crippen molar-refractivity contribution in [2.45, 2.75) is 24.5 Å². The van der Waals surface area contributed by atoms with Gasteiger partial charge in [-0.2, -0.15) is 4.98 Å². The van der Waals surface area contributed by atoms with Crippen molar-refractivity contribution >= 4 is 16.9 Å². The number of nitrogens with one attached hydrogen (secondary N) is 1. The second-order valence-corrected chi connectivity index (χ2v) is 5.12. The standard InChI is InChI=1S/C12H13N5O5/c18-3-5-7(19)8(20)11(22-5)17-4-14-6-9(17)15-12-13-1-2-16(12)10(6)21/h1-2,4-5,7-8,11,18-20H,3H2,(H,13,15)/t5-,7-,8-,11-/m1/s1. The van der Waals surface area contributed by atoms with E-state index < -0.39 is 31.1 Å². The third-order valence-electron chi connectivity index (χ3n) is 3.86. The number of nitrogens with zero attached hydrogens (tertiary/aromatic N) is 4. The second kappa shape index (κ2) is 4.61. The van der Waals surface area contributed by atoms with Crippen molar-refractivity contribution in [3.8, 4) is 0 Å². The first-order chi connectivity index (χ1) is 10.6. The highest BCUT2D eigenvalue weighted by molar-refractivity contribution is 5.71. The number of hydrogen-bond acceptors (Lipinski definition) is 7. The van der Waals surface area contributed by atoms with Crippen LogP contribution in [-0.2, 0) is 4.74 Å². The van der Waals surface area contributed by atoms with Crippen LogP contribution in [0.15, 0.2) is 23.5 Å². The number of H-pyrrole nitrogens is 1. The SMILES string of the molecule is O=c1c2ncn([C@@H]3O[C@H](CO)[C@@H](O)[C@H]3O)c2nc2[nH]ccn12. The Hall–Kier alpha value is -2.27. The first-order valence-corrected chi connectivity index (χ1v) is 6.66. The number of fused-ring (bicyclic) bond motifs is 2. The van der Waals surface area contributed by atoms with Crippen molar-refractivity contribution in [1.29, 1.82) is 0 Å². The summed E-state index contributed by atoms with van der Waals surface area (Å²) in [5.41, 5.74) is -0.0103. The minimum atomic E-state index is -1.27. The fourth-order valence-corrected chi connectivity index (χ4v) is 2.70. The fraction of sp³-hybridized carbons (Fsp3) is 0.417. The average Bonchev–Trinajstić information content (AvgIpc) is 3.20. The molecule has 0 saturated carbocycles. The summed E-state index contributed by atoms with van der Waals surface area (Å²) in [6.45, 7) is -0.432. The zero-order chi connectivity index (χ0) is 15.4. The van der Waals surface area contributed by atoms with Gasteiger partial charge in [0.05, 0.1) is 12.9 Å². The summed E-state index contributed by atoms with van der Waals surface area (Å²) >= 11 is 0. The van der Waals surface area contributed by atoms with Crippen LogP contribution in [-0.4, -0.2) is 64.2 Å². The molecule has 4 rings (SSSR count). The molecule has 1 aliphatic rings. The summed E-state index contributed by atoms with van der Waals surface area (Å²) in [5.74, 6) is 0.325. The van der Waals surface area contributed by atoms with Gasteiger partial charge >= 0.3 is 0 Å². The molecule has 10 nitrogen and oxygen atoms in total. The van der Waals surface area contributed by atoms with Gasteiger partial charge in [0, 0.05) is 12.4 Å². The van der Waals surface area contributed by atoms with E-state index in [9.17, 15) is 15.0 Å². The molecule has 1 fully saturated rings. The van der Waals surface area contributed by atoms with Crippen LogP contribution in [0.25, 0.3) is 16.9 Å². The van der Waals surface area contributed by atoms with Crippen molar-refractivity contribution < 1.29 is 20.1 Å². The van der Waals surface area contributed by atoms with E-state index in [1.54, 1.807) is 6.20 Å². The van der Waals surface area contributed by atoms with Gasteiger partial charge in [-0.15, -0.1) is 0 Å². The van der Waals surface area contributed by atoms with E-state index in [4.69, 9.17) is 9.84 Å². The largest absolute Gasteiger partial charge is 0.394 e. The van der Waals surface area contributed by atoms with Gasteiger partial charge in [0.15, 0.2) is 17.4 Å². The molecule has 1 saturated heterocycles. The lowest BCUT2D eigenvalue weighted by atomic mass is 10.1. The molecule has 0 spiro atoms. The first kappa shape index (κ1) is 13.4. The zero-order valence-corrected chi connectivity index (χ0v) is 11.2. The lowest BCUT2D eigenvalue weighted by Crippen LogP contribution is -2.33. The number of aromatic amines is 1. The maximum absolute atomic E-state index is 12.3. The number of rotatable bonds is 2. The van der Waals surface area contributed by atoms with Gasteiger partial charge in [-0.25, -0.2) is 4.98 Å². The van der Waals surface area contributed by atoms with Gasteiger partial charge in [0.1, 0.15) is 18.3 Å². The van der Waals surface area contributed by atoms with Gasteiger partial charge in [0.2, 0.25) is 5.78 Å². The van der Waals surface area contributed by atoms with Crippen LogP contribution in [0, 0.1) is 0 Å². The Morgan fingerprint density at radius 3 is 2.91 bits per heavy atom. The zero-order valence-electron chi connectivity index (χ0n) is 11.2. The molecule has 3 aromatic rings. The van der Waals surface area contributed by atoms with Crippen molar-refractivity contribution in [1.82, 2.24) is 23.9 Å². The number of ether oxygens (including phenoxy) is 1. The van der Waals surface area contributed by atoms with Crippen molar-refractivity contribution in [2.24, 2.45) is 0 Å². The number of aliphatic hydroxyl groups is 3. The van der Waals surface area contributed by atoms with Gasteiger partial charge in [-0.3, -0.25) is 13.8 Å². The Labute approximate surface area is 122 Å². The van der Waals surface area contributed by atoms with Crippen LogP contribution in [0.2, 0.25) is 0 Å². The summed E-state index contributed by atoms with van der Waals surface area (Å²) in [6.07, 6.45) is 0.0314. The fourth-order valence-electron chi connectivity index (χ4n) is 2.70. The lowest BCUT2D eigenvalue weighted by molar-refractivity contribution is -0.0511. The van der Waals surface area contributed by atoms with E-state index in [0.29, 0.717) is 5.78 Å². The van der Waals surface area contributed by atoms with E-state index in [-0.39, 0.29) is 16.7 Å². The minimum Gasteiger partial charge on any atom is -0.394 e. The topological polar surface area (TPSA) is 138 Å². The van der Waals surface area contributed by atoms with E-state index in [1.807, 2.05) is 0 Å². The third-order valence-corrected chi connectivity index (χ3v) is 3.86. The predicted octanol–water partition coefficient (Wildman–Crippen LogP) is -2.02. The van der Waals surface area contributed by atoms with Crippen LogP contribution in [0.3, 0.4) is 0 Å². The number of aromatic nitrogens is 5. The molecule has 0 aromatic carbocycles. The average molecular weight is 307 g/mol. The van der Waals surface area contributed by atoms with Crippen molar-refractivity contribution in [3.05, 3.63) is 29.1 Å². The Bertz CT molecular complexity index is 898. The first-order valence-electron chi connectivity index (χ1n) is 6.66. The molecular formula is C12H13N5O5. The Kier molecular flexibility index (Phi) is 2.81. The highest BCUT2D eigenvalue weighted by Crippen LogP contribution is 2.30. The Morgan fingerprint density at radius 1 is 1.36 bits per heavy atom. The highest BCUT2D eigenvalue weighted by Gasteiger charge is 2.44. The van der Waals surface area contributed by atoms with E-state index >= 15 is 0 Å². The van der Waals surface area contributed by atoms with E-state index in [1.165, 1.54) is 21.5 Å². The molecule has 3 aromatic heterocycles.